The van der Waals surface area contributed by atoms with Crippen molar-refractivity contribution in [1.82, 2.24) is 24.4 Å². The molecule has 0 aliphatic carbocycles. The lowest BCUT2D eigenvalue weighted by Crippen LogP contribution is -2.23. The zero-order valence-corrected chi connectivity index (χ0v) is 20.1. The minimum Gasteiger partial charge on any atom is -0.406 e. The first-order valence-electron chi connectivity index (χ1n) is 11.0. The van der Waals surface area contributed by atoms with Crippen LogP contribution in [0.15, 0.2) is 77.9 Å². The van der Waals surface area contributed by atoms with Gasteiger partial charge in [0.1, 0.15) is 11.4 Å². The van der Waals surface area contributed by atoms with E-state index in [0.717, 1.165) is 33.6 Å². The Bertz CT molecular complexity index is 1690. The maximum absolute atomic E-state index is 13.1. The Labute approximate surface area is 219 Å². The molecule has 0 radical (unpaired) electrons. The van der Waals surface area contributed by atoms with Gasteiger partial charge in [0.2, 0.25) is 0 Å². The van der Waals surface area contributed by atoms with E-state index >= 15 is 0 Å². The number of benzene rings is 2. The van der Waals surface area contributed by atoms with E-state index in [9.17, 15) is 31.1 Å². The molecule has 0 spiro atoms. The van der Waals surface area contributed by atoms with Gasteiger partial charge in [-0.25, -0.2) is 9.48 Å². The van der Waals surface area contributed by atoms with E-state index in [1.165, 1.54) is 24.4 Å². The van der Waals surface area contributed by atoms with Crippen LogP contribution in [0.5, 0.6) is 5.75 Å². The van der Waals surface area contributed by atoms with Crippen LogP contribution in [-0.2, 0) is 12.7 Å². The summed E-state index contributed by atoms with van der Waals surface area (Å²) in [4.78, 5) is 16.5. The van der Waals surface area contributed by atoms with E-state index in [-0.39, 0.29) is 17.8 Å². The van der Waals surface area contributed by atoms with Crippen molar-refractivity contribution in [3.8, 4) is 28.0 Å². The Morgan fingerprint density at radius 1 is 0.846 bits per heavy atom. The minimum atomic E-state index is -4.88. The molecular weight excluding hydrogens is 552 g/mol. The Balaban J connectivity index is 1.63. The molecule has 0 saturated carbocycles. The first-order chi connectivity index (χ1) is 18.4. The highest BCUT2D eigenvalue weighted by atomic mass is 35.5. The summed E-state index contributed by atoms with van der Waals surface area (Å²) in [6, 6.07) is 13.6. The number of ether oxygens (including phenoxy) is 1. The first kappa shape index (κ1) is 26.2. The number of rotatable bonds is 5. The molecule has 200 valence electrons. The van der Waals surface area contributed by atoms with Gasteiger partial charge in [-0.3, -0.25) is 4.98 Å². The van der Waals surface area contributed by atoms with Crippen LogP contribution in [0.25, 0.3) is 27.9 Å². The van der Waals surface area contributed by atoms with Crippen LogP contribution in [0, 0.1) is 0 Å². The Hall–Kier alpha value is -4.39. The highest BCUT2D eigenvalue weighted by Gasteiger charge is 2.32. The van der Waals surface area contributed by atoms with Crippen molar-refractivity contribution in [3.63, 3.8) is 0 Å². The van der Waals surface area contributed by atoms with Crippen LogP contribution in [0.2, 0.25) is 5.02 Å². The lowest BCUT2D eigenvalue weighted by Gasteiger charge is -2.12. The molecule has 0 atom stereocenters. The van der Waals surface area contributed by atoms with Gasteiger partial charge < -0.3 is 4.74 Å². The fourth-order valence-electron chi connectivity index (χ4n) is 3.88. The molecule has 2 aromatic carbocycles. The van der Waals surface area contributed by atoms with Crippen molar-refractivity contribution >= 4 is 17.2 Å². The highest BCUT2D eigenvalue weighted by Crippen LogP contribution is 2.36. The van der Waals surface area contributed by atoms with E-state index in [0.29, 0.717) is 27.3 Å². The van der Waals surface area contributed by atoms with Crippen LogP contribution in [-0.4, -0.2) is 30.7 Å². The van der Waals surface area contributed by atoms with Crippen LogP contribution in [0.4, 0.5) is 26.3 Å². The summed E-state index contributed by atoms with van der Waals surface area (Å²) in [6.07, 6.45) is -7.10. The standard InChI is InChI=1S/C25H14ClF6N5O2/c26-17-6-2-15(3-7-17)19-12-34-37-22(21(19)16-4-8-18(9-5-16)39-25(30,31)32)35-36(23(37)38)13-14-1-10-20(33-11-14)24(27,28)29/h1-12H,13H2. The zero-order chi connectivity index (χ0) is 27.9. The number of nitrogens with zero attached hydrogens (tertiary/aromatic N) is 5. The van der Waals surface area contributed by atoms with E-state index in [1.54, 1.807) is 24.3 Å². The lowest BCUT2D eigenvalue weighted by molar-refractivity contribution is -0.274. The highest BCUT2D eigenvalue weighted by molar-refractivity contribution is 6.30. The minimum absolute atomic E-state index is 0.0665. The molecule has 5 aromatic rings. The molecule has 0 saturated heterocycles. The lowest BCUT2D eigenvalue weighted by atomic mass is 9.97. The number of aromatic nitrogens is 5. The number of hydrogen-bond acceptors (Lipinski definition) is 5. The molecule has 3 heterocycles. The summed E-state index contributed by atoms with van der Waals surface area (Å²) in [6.45, 7) is -0.207. The van der Waals surface area contributed by atoms with E-state index in [2.05, 4.69) is 19.9 Å². The van der Waals surface area contributed by atoms with Gasteiger partial charge in [-0.05, 0) is 47.0 Å². The monoisotopic (exact) mass is 565 g/mol. The molecule has 0 bridgehead atoms. The number of fused-ring (bicyclic) bond motifs is 1. The predicted octanol–water partition coefficient (Wildman–Crippen LogP) is 6.24. The molecule has 0 unspecified atom stereocenters. The molecule has 0 N–H and O–H groups in total. The summed E-state index contributed by atoms with van der Waals surface area (Å²) in [5, 5.41) is 9.01. The van der Waals surface area contributed by atoms with Crippen LogP contribution in [0.3, 0.4) is 0 Å². The molecule has 7 nitrogen and oxygen atoms in total. The molecule has 0 fully saturated rings. The Morgan fingerprint density at radius 3 is 2.10 bits per heavy atom. The van der Waals surface area contributed by atoms with Gasteiger partial charge in [-0.1, -0.05) is 41.9 Å². The van der Waals surface area contributed by atoms with Crippen molar-refractivity contribution in [2.75, 3.05) is 0 Å². The average molecular weight is 566 g/mol. The fourth-order valence-corrected chi connectivity index (χ4v) is 4.00. The molecule has 3 aromatic heterocycles. The molecule has 39 heavy (non-hydrogen) atoms. The summed E-state index contributed by atoms with van der Waals surface area (Å²) >= 11 is 6.01. The van der Waals surface area contributed by atoms with Crippen LogP contribution >= 0.6 is 11.6 Å². The van der Waals surface area contributed by atoms with Gasteiger partial charge in [0, 0.05) is 22.3 Å². The fraction of sp³-hybridized carbons (Fsp3) is 0.120. The van der Waals surface area contributed by atoms with Crippen molar-refractivity contribution in [1.29, 1.82) is 0 Å². The second-order valence-electron chi connectivity index (χ2n) is 8.24. The number of halogens is 7. The summed E-state index contributed by atoms with van der Waals surface area (Å²) < 4.78 is 82.4. The maximum Gasteiger partial charge on any atom is 0.573 e. The van der Waals surface area contributed by atoms with E-state index in [1.807, 2.05) is 0 Å². The first-order valence-corrected chi connectivity index (χ1v) is 11.4. The van der Waals surface area contributed by atoms with Gasteiger partial charge in [0.05, 0.1) is 12.7 Å². The van der Waals surface area contributed by atoms with Gasteiger partial charge in [-0.15, -0.1) is 18.3 Å². The SMILES string of the molecule is O=c1n(Cc2ccc(C(F)(F)F)nc2)nc2c(-c3ccc(OC(F)(F)F)cc3)c(-c3ccc(Cl)cc3)cnn12. The molecule has 0 amide bonds. The molecule has 0 aliphatic heterocycles. The molecule has 14 heteroatoms. The van der Waals surface area contributed by atoms with Crippen molar-refractivity contribution in [2.45, 2.75) is 19.1 Å². The maximum atomic E-state index is 13.1. The smallest absolute Gasteiger partial charge is 0.406 e. The summed E-state index contributed by atoms with van der Waals surface area (Å²) in [5.41, 5.74) is 0.473. The van der Waals surface area contributed by atoms with Gasteiger partial charge in [0.25, 0.3) is 0 Å². The largest absolute Gasteiger partial charge is 0.573 e. The Kier molecular flexibility index (Phi) is 6.54. The topological polar surface area (TPSA) is 74.3 Å². The van der Waals surface area contributed by atoms with Crippen molar-refractivity contribution < 1.29 is 31.1 Å². The second-order valence-corrected chi connectivity index (χ2v) is 8.67. The zero-order valence-electron chi connectivity index (χ0n) is 19.3. The predicted molar refractivity (Wildman–Crippen MR) is 128 cm³/mol. The van der Waals surface area contributed by atoms with Crippen molar-refractivity contribution in [2.24, 2.45) is 0 Å². The molecule has 5 rings (SSSR count). The van der Waals surface area contributed by atoms with Crippen LogP contribution in [0.1, 0.15) is 11.3 Å². The van der Waals surface area contributed by atoms with Crippen LogP contribution < -0.4 is 10.4 Å². The van der Waals surface area contributed by atoms with E-state index < -0.39 is 29.7 Å². The molecule has 0 aliphatic rings. The number of alkyl halides is 6. The van der Waals surface area contributed by atoms with Gasteiger partial charge >= 0.3 is 18.2 Å². The number of hydrogen-bond donors (Lipinski definition) is 0. The Morgan fingerprint density at radius 2 is 1.51 bits per heavy atom. The van der Waals surface area contributed by atoms with E-state index in [4.69, 9.17) is 11.6 Å². The summed E-state index contributed by atoms with van der Waals surface area (Å²) in [7, 11) is 0. The summed E-state index contributed by atoms with van der Waals surface area (Å²) in [5.74, 6) is -0.443. The third-order valence-electron chi connectivity index (χ3n) is 5.59. The third kappa shape index (κ3) is 5.58. The quantitative estimate of drug-likeness (QED) is 0.236. The average Bonchev–Trinajstić information content (AvgIpc) is 3.18. The van der Waals surface area contributed by atoms with Crippen molar-refractivity contribution in [3.05, 3.63) is 99.8 Å². The van der Waals surface area contributed by atoms with Gasteiger partial charge in [0.15, 0.2) is 5.65 Å². The second kappa shape index (κ2) is 9.73. The number of pyridine rings is 1. The van der Waals surface area contributed by atoms with Gasteiger partial charge in [-0.2, -0.15) is 22.8 Å². The normalized spacial score (nSPS) is 12.2. The molecular formula is C25H14ClF6N5O2. The third-order valence-corrected chi connectivity index (χ3v) is 5.84.